The van der Waals surface area contributed by atoms with Crippen molar-refractivity contribution in [3.63, 3.8) is 0 Å². The number of amides is 1. The lowest BCUT2D eigenvalue weighted by Gasteiger charge is -2.50. The Morgan fingerprint density at radius 2 is 2.04 bits per heavy atom. The van der Waals surface area contributed by atoms with Crippen molar-refractivity contribution in [2.45, 2.75) is 58.3 Å². The first-order valence-electron chi connectivity index (χ1n) is 8.59. The first kappa shape index (κ1) is 19.8. The Bertz CT molecular complexity index is 663. The zero-order valence-electron chi connectivity index (χ0n) is 15.9. The number of carbonyl (C=O) groups is 2. The van der Waals surface area contributed by atoms with Crippen molar-refractivity contribution in [2.24, 2.45) is 0 Å². The summed E-state index contributed by atoms with van der Waals surface area (Å²) in [5.74, 6) is -0.542. The van der Waals surface area contributed by atoms with Gasteiger partial charge in [0, 0.05) is 19.3 Å². The largest absolute Gasteiger partial charge is 0.481 e. The molecular formula is C18H27N3O5. The fourth-order valence-corrected chi connectivity index (χ4v) is 2.75. The number of anilines is 1. The molecule has 0 saturated carbocycles. The van der Waals surface area contributed by atoms with E-state index in [2.05, 4.69) is 10.3 Å². The van der Waals surface area contributed by atoms with E-state index in [4.69, 9.17) is 9.47 Å². The molecule has 1 aliphatic rings. The molecule has 1 amide bonds. The van der Waals surface area contributed by atoms with Crippen LogP contribution in [0.2, 0.25) is 0 Å². The van der Waals surface area contributed by atoms with Crippen LogP contribution in [0.15, 0.2) is 18.3 Å². The highest BCUT2D eigenvalue weighted by Gasteiger charge is 2.48. The Hall–Kier alpha value is -2.51. The second-order valence-electron chi connectivity index (χ2n) is 7.83. The molecule has 0 spiro atoms. The molecule has 2 N–H and O–H groups in total. The van der Waals surface area contributed by atoms with E-state index in [1.165, 1.54) is 4.90 Å². The molecule has 1 aliphatic heterocycles. The normalized spacial score (nSPS) is 16.0. The second kappa shape index (κ2) is 7.39. The van der Waals surface area contributed by atoms with Crippen LogP contribution in [-0.2, 0) is 9.53 Å². The molecule has 1 aromatic heterocycles. The average Bonchev–Trinajstić information content (AvgIpc) is 2.43. The van der Waals surface area contributed by atoms with Gasteiger partial charge in [0.1, 0.15) is 5.60 Å². The minimum absolute atomic E-state index is 0.0690. The Labute approximate surface area is 153 Å². The molecule has 0 bridgehead atoms. The Morgan fingerprint density at radius 3 is 2.58 bits per heavy atom. The molecule has 1 aromatic rings. The SMILES string of the molecule is CC(C)Oc1ncccc1NC1(CC(=O)O)CN(C(=O)OC(C)(C)C)C1. The predicted octanol–water partition coefficient (Wildman–Crippen LogP) is 2.74. The topological polar surface area (TPSA) is 101 Å². The third kappa shape index (κ3) is 5.24. The smallest absolute Gasteiger partial charge is 0.410 e. The summed E-state index contributed by atoms with van der Waals surface area (Å²) >= 11 is 0. The summed E-state index contributed by atoms with van der Waals surface area (Å²) in [5.41, 5.74) is -0.788. The number of aromatic nitrogens is 1. The van der Waals surface area contributed by atoms with E-state index in [0.717, 1.165) is 0 Å². The molecule has 8 heteroatoms. The summed E-state index contributed by atoms with van der Waals surface area (Å²) in [4.78, 5) is 29.2. The molecule has 0 atom stereocenters. The van der Waals surface area contributed by atoms with Crippen LogP contribution >= 0.6 is 0 Å². The first-order chi connectivity index (χ1) is 12.0. The van der Waals surface area contributed by atoms with Gasteiger partial charge >= 0.3 is 12.1 Å². The fraction of sp³-hybridized carbons (Fsp3) is 0.611. The summed E-state index contributed by atoms with van der Waals surface area (Å²) in [6.45, 7) is 9.60. The molecule has 26 heavy (non-hydrogen) atoms. The van der Waals surface area contributed by atoms with Gasteiger partial charge in [-0.2, -0.15) is 0 Å². The third-order valence-electron chi connectivity index (χ3n) is 3.65. The Morgan fingerprint density at radius 1 is 1.38 bits per heavy atom. The lowest BCUT2D eigenvalue weighted by atomic mass is 9.86. The van der Waals surface area contributed by atoms with Crippen molar-refractivity contribution < 1.29 is 24.2 Å². The average molecular weight is 365 g/mol. The zero-order chi connectivity index (χ0) is 19.5. The third-order valence-corrected chi connectivity index (χ3v) is 3.65. The predicted molar refractivity (Wildman–Crippen MR) is 96.4 cm³/mol. The van der Waals surface area contributed by atoms with E-state index in [1.807, 2.05) is 13.8 Å². The number of nitrogens with zero attached hydrogens (tertiary/aromatic N) is 2. The minimum atomic E-state index is -0.948. The molecular weight excluding hydrogens is 338 g/mol. The van der Waals surface area contributed by atoms with Gasteiger partial charge in [-0.1, -0.05) is 0 Å². The number of carboxylic acids is 1. The summed E-state index contributed by atoms with van der Waals surface area (Å²) in [7, 11) is 0. The number of hydrogen-bond donors (Lipinski definition) is 2. The van der Waals surface area contributed by atoms with Crippen molar-refractivity contribution in [1.29, 1.82) is 0 Å². The quantitative estimate of drug-likeness (QED) is 0.799. The molecule has 8 nitrogen and oxygen atoms in total. The summed E-state index contributed by atoms with van der Waals surface area (Å²) < 4.78 is 11.0. The molecule has 0 radical (unpaired) electrons. The highest BCUT2D eigenvalue weighted by molar-refractivity contribution is 5.74. The van der Waals surface area contributed by atoms with E-state index < -0.39 is 23.2 Å². The number of ether oxygens (including phenoxy) is 2. The molecule has 144 valence electrons. The maximum absolute atomic E-state index is 12.2. The van der Waals surface area contributed by atoms with Gasteiger partial charge in [-0.25, -0.2) is 9.78 Å². The van der Waals surface area contributed by atoms with Crippen LogP contribution in [0.25, 0.3) is 0 Å². The van der Waals surface area contributed by atoms with E-state index in [0.29, 0.717) is 11.6 Å². The first-order valence-corrected chi connectivity index (χ1v) is 8.59. The molecule has 1 fully saturated rings. The summed E-state index contributed by atoms with van der Waals surface area (Å²) in [6, 6.07) is 3.53. The molecule has 2 heterocycles. The van der Waals surface area contributed by atoms with Crippen molar-refractivity contribution in [3.05, 3.63) is 18.3 Å². The lowest BCUT2D eigenvalue weighted by molar-refractivity contribution is -0.139. The number of pyridine rings is 1. The number of carboxylic acid groups (broad SMARTS) is 1. The number of aliphatic carboxylic acids is 1. The number of rotatable bonds is 6. The van der Waals surface area contributed by atoms with Crippen LogP contribution in [0.4, 0.5) is 10.5 Å². The molecule has 0 unspecified atom stereocenters. The van der Waals surface area contributed by atoms with Gasteiger partial charge in [-0.05, 0) is 46.8 Å². The van der Waals surface area contributed by atoms with Crippen molar-refractivity contribution >= 4 is 17.7 Å². The van der Waals surface area contributed by atoms with Gasteiger partial charge in [-0.15, -0.1) is 0 Å². The van der Waals surface area contributed by atoms with E-state index in [-0.39, 0.29) is 25.6 Å². The molecule has 0 aromatic carbocycles. The van der Waals surface area contributed by atoms with Gasteiger partial charge < -0.3 is 24.8 Å². The number of hydrogen-bond acceptors (Lipinski definition) is 6. The number of likely N-dealkylation sites (tertiary alicyclic amines) is 1. The van der Waals surface area contributed by atoms with Gasteiger partial charge in [0.05, 0.1) is 23.8 Å². The minimum Gasteiger partial charge on any atom is -0.481 e. The van der Waals surface area contributed by atoms with Gasteiger partial charge in [0.15, 0.2) is 0 Å². The zero-order valence-corrected chi connectivity index (χ0v) is 15.9. The summed E-state index contributed by atoms with van der Waals surface area (Å²) in [5, 5.41) is 12.5. The fourth-order valence-electron chi connectivity index (χ4n) is 2.75. The molecule has 1 saturated heterocycles. The number of nitrogens with one attached hydrogen (secondary N) is 1. The maximum atomic E-state index is 12.2. The van der Waals surface area contributed by atoms with Gasteiger partial charge in [0.2, 0.25) is 5.88 Å². The van der Waals surface area contributed by atoms with Crippen LogP contribution in [0.1, 0.15) is 41.0 Å². The van der Waals surface area contributed by atoms with Crippen LogP contribution < -0.4 is 10.1 Å². The van der Waals surface area contributed by atoms with Gasteiger partial charge in [0.25, 0.3) is 0 Å². The van der Waals surface area contributed by atoms with Crippen molar-refractivity contribution in [3.8, 4) is 5.88 Å². The van der Waals surface area contributed by atoms with Crippen LogP contribution in [0, 0.1) is 0 Å². The molecule has 2 rings (SSSR count). The lowest BCUT2D eigenvalue weighted by Crippen LogP contribution is -2.68. The van der Waals surface area contributed by atoms with E-state index in [9.17, 15) is 14.7 Å². The van der Waals surface area contributed by atoms with Crippen LogP contribution in [0.5, 0.6) is 5.88 Å². The van der Waals surface area contributed by atoms with Crippen molar-refractivity contribution in [1.82, 2.24) is 9.88 Å². The second-order valence-corrected chi connectivity index (χ2v) is 7.83. The van der Waals surface area contributed by atoms with Crippen LogP contribution in [-0.4, -0.2) is 57.4 Å². The molecule has 0 aliphatic carbocycles. The standard InChI is InChI=1S/C18H27N3O5/c1-12(2)25-15-13(7-6-8-19-15)20-18(9-14(22)23)10-21(11-18)16(24)26-17(3,4)5/h6-8,12,20H,9-11H2,1-5H3,(H,22,23). The highest BCUT2D eigenvalue weighted by atomic mass is 16.6. The monoisotopic (exact) mass is 365 g/mol. The van der Waals surface area contributed by atoms with Crippen molar-refractivity contribution in [2.75, 3.05) is 18.4 Å². The Balaban J connectivity index is 2.13. The highest BCUT2D eigenvalue weighted by Crippen LogP contribution is 2.33. The number of carbonyl (C=O) groups excluding carboxylic acids is 1. The van der Waals surface area contributed by atoms with Crippen LogP contribution in [0.3, 0.4) is 0 Å². The van der Waals surface area contributed by atoms with Gasteiger partial charge in [-0.3, -0.25) is 4.79 Å². The van der Waals surface area contributed by atoms with E-state index >= 15 is 0 Å². The maximum Gasteiger partial charge on any atom is 0.410 e. The Kier molecular flexibility index (Phi) is 5.63. The van der Waals surface area contributed by atoms with E-state index in [1.54, 1.807) is 39.1 Å². The summed E-state index contributed by atoms with van der Waals surface area (Å²) in [6.07, 6.45) is 0.953.